The maximum Gasteiger partial charge on any atom is 0.123 e. The summed E-state index contributed by atoms with van der Waals surface area (Å²) in [5.74, 6) is 0.990. The maximum atomic E-state index is 6.15. The average Bonchev–Trinajstić information content (AvgIpc) is 2.36. The smallest absolute Gasteiger partial charge is 0.123 e. The number of ether oxygens (including phenoxy) is 1. The number of hydrogen-bond acceptors (Lipinski definition) is 1. The highest BCUT2D eigenvalue weighted by molar-refractivity contribution is 5.40. The lowest BCUT2D eigenvalue weighted by molar-refractivity contribution is 0.296. The van der Waals surface area contributed by atoms with Crippen molar-refractivity contribution in [2.75, 3.05) is 0 Å². The van der Waals surface area contributed by atoms with Crippen LogP contribution < -0.4 is 4.74 Å². The first-order valence-corrected chi connectivity index (χ1v) is 7.58. The van der Waals surface area contributed by atoms with E-state index in [1.165, 1.54) is 27.8 Å². The quantitative estimate of drug-likeness (QED) is 0.723. The summed E-state index contributed by atoms with van der Waals surface area (Å²) < 4.78 is 6.15. The molecular weight excluding hydrogens is 256 g/mol. The van der Waals surface area contributed by atoms with Crippen molar-refractivity contribution < 1.29 is 4.74 Å². The van der Waals surface area contributed by atoms with Gasteiger partial charge in [-0.1, -0.05) is 56.7 Å². The number of para-hydroxylation sites is 1. The highest BCUT2D eigenvalue weighted by atomic mass is 16.5. The highest BCUT2D eigenvalue weighted by Gasteiger charge is 2.18. The van der Waals surface area contributed by atoms with Gasteiger partial charge >= 0.3 is 0 Å². The van der Waals surface area contributed by atoms with Crippen LogP contribution in [0, 0.1) is 20.8 Å². The van der Waals surface area contributed by atoms with Crippen LogP contribution in [0.15, 0.2) is 36.4 Å². The van der Waals surface area contributed by atoms with Gasteiger partial charge in [0.25, 0.3) is 0 Å². The normalized spacial score (nSPS) is 11.5. The lowest BCUT2D eigenvalue weighted by Gasteiger charge is -2.23. The van der Waals surface area contributed by atoms with Crippen LogP contribution >= 0.6 is 0 Å². The summed E-state index contributed by atoms with van der Waals surface area (Å²) >= 11 is 0. The van der Waals surface area contributed by atoms with E-state index < -0.39 is 0 Å². The minimum absolute atomic E-state index is 0.0912. The van der Waals surface area contributed by atoms with Crippen LogP contribution in [-0.2, 0) is 12.0 Å². The first-order chi connectivity index (χ1) is 9.79. The maximum absolute atomic E-state index is 6.15. The van der Waals surface area contributed by atoms with Gasteiger partial charge in [0.05, 0.1) is 0 Å². The molecule has 0 radical (unpaired) electrons. The Labute approximate surface area is 129 Å². The van der Waals surface area contributed by atoms with Crippen LogP contribution in [-0.4, -0.2) is 0 Å². The Kier molecular flexibility index (Phi) is 4.41. The fraction of sp³-hybridized carbons (Fsp3) is 0.400. The molecule has 0 fully saturated rings. The van der Waals surface area contributed by atoms with Crippen molar-refractivity contribution in [2.45, 2.75) is 53.6 Å². The van der Waals surface area contributed by atoms with Gasteiger partial charge in [0, 0.05) is 0 Å². The standard InChI is InChI=1S/C20H26O/c1-14-11-15(2)17(16(3)12-14)13-21-19-10-8-7-9-18(19)20(4,5)6/h7-12H,13H2,1-6H3. The van der Waals surface area contributed by atoms with Gasteiger partial charge in [0.1, 0.15) is 12.4 Å². The fourth-order valence-electron chi connectivity index (χ4n) is 2.80. The second-order valence-corrected chi connectivity index (χ2v) is 6.91. The third kappa shape index (κ3) is 3.66. The van der Waals surface area contributed by atoms with E-state index in [-0.39, 0.29) is 5.41 Å². The molecule has 0 bridgehead atoms. The lowest BCUT2D eigenvalue weighted by Crippen LogP contribution is -2.13. The minimum Gasteiger partial charge on any atom is -0.489 e. The third-order valence-corrected chi connectivity index (χ3v) is 3.91. The van der Waals surface area contributed by atoms with Gasteiger partial charge in [-0.2, -0.15) is 0 Å². The summed E-state index contributed by atoms with van der Waals surface area (Å²) in [7, 11) is 0. The summed E-state index contributed by atoms with van der Waals surface area (Å²) in [6, 6.07) is 12.8. The molecule has 1 nitrogen and oxygen atoms in total. The van der Waals surface area contributed by atoms with Gasteiger partial charge in [-0.15, -0.1) is 0 Å². The van der Waals surface area contributed by atoms with Crippen molar-refractivity contribution in [1.29, 1.82) is 0 Å². The zero-order valence-corrected chi connectivity index (χ0v) is 14.1. The van der Waals surface area contributed by atoms with Crippen LogP contribution in [0.4, 0.5) is 0 Å². The molecule has 1 heteroatoms. The molecule has 0 spiro atoms. The van der Waals surface area contributed by atoms with Gasteiger partial charge in [-0.25, -0.2) is 0 Å². The monoisotopic (exact) mass is 282 g/mol. The molecule has 112 valence electrons. The third-order valence-electron chi connectivity index (χ3n) is 3.91. The van der Waals surface area contributed by atoms with E-state index in [9.17, 15) is 0 Å². The zero-order valence-electron chi connectivity index (χ0n) is 14.1. The summed E-state index contributed by atoms with van der Waals surface area (Å²) in [6.07, 6.45) is 0. The number of benzene rings is 2. The molecule has 0 aliphatic heterocycles. The Morgan fingerprint density at radius 1 is 0.905 bits per heavy atom. The SMILES string of the molecule is Cc1cc(C)c(COc2ccccc2C(C)(C)C)c(C)c1. The van der Waals surface area contributed by atoms with Crippen LogP contribution in [0.2, 0.25) is 0 Å². The molecule has 2 rings (SSSR count). The van der Waals surface area contributed by atoms with Crippen molar-refractivity contribution in [2.24, 2.45) is 0 Å². The van der Waals surface area contributed by atoms with Crippen LogP contribution in [0.5, 0.6) is 5.75 Å². The van der Waals surface area contributed by atoms with Gasteiger partial charge < -0.3 is 4.74 Å². The molecular formula is C20H26O. The number of rotatable bonds is 3. The van der Waals surface area contributed by atoms with E-state index in [0.29, 0.717) is 6.61 Å². The first kappa shape index (κ1) is 15.6. The summed E-state index contributed by atoms with van der Waals surface area (Å²) in [6.45, 7) is 13.8. The second-order valence-electron chi connectivity index (χ2n) is 6.91. The van der Waals surface area contributed by atoms with Crippen LogP contribution in [0.25, 0.3) is 0 Å². The molecule has 0 aliphatic rings. The Morgan fingerprint density at radius 2 is 1.48 bits per heavy atom. The topological polar surface area (TPSA) is 9.23 Å². The van der Waals surface area contributed by atoms with Crippen molar-refractivity contribution in [3.05, 3.63) is 64.2 Å². The van der Waals surface area contributed by atoms with Crippen LogP contribution in [0.3, 0.4) is 0 Å². The molecule has 0 saturated carbocycles. The Morgan fingerprint density at radius 3 is 2.05 bits per heavy atom. The Hall–Kier alpha value is -1.76. The minimum atomic E-state index is 0.0912. The van der Waals surface area contributed by atoms with E-state index in [1.807, 2.05) is 6.07 Å². The van der Waals surface area contributed by atoms with Crippen molar-refractivity contribution in [3.8, 4) is 5.75 Å². The molecule has 0 aliphatic carbocycles. The largest absolute Gasteiger partial charge is 0.489 e. The number of aryl methyl sites for hydroxylation is 3. The summed E-state index contributed by atoms with van der Waals surface area (Å²) in [5.41, 5.74) is 6.57. The highest BCUT2D eigenvalue weighted by Crippen LogP contribution is 2.31. The summed E-state index contributed by atoms with van der Waals surface area (Å²) in [5, 5.41) is 0. The van der Waals surface area contributed by atoms with E-state index >= 15 is 0 Å². The molecule has 0 unspecified atom stereocenters. The molecule has 0 atom stereocenters. The van der Waals surface area contributed by atoms with E-state index in [2.05, 4.69) is 71.9 Å². The van der Waals surface area contributed by atoms with Crippen molar-refractivity contribution >= 4 is 0 Å². The molecule has 21 heavy (non-hydrogen) atoms. The zero-order chi connectivity index (χ0) is 15.6. The lowest BCUT2D eigenvalue weighted by atomic mass is 9.86. The predicted molar refractivity (Wildman–Crippen MR) is 90.1 cm³/mol. The van der Waals surface area contributed by atoms with Gasteiger partial charge in [0.15, 0.2) is 0 Å². The average molecular weight is 282 g/mol. The van der Waals surface area contributed by atoms with Gasteiger partial charge in [-0.3, -0.25) is 0 Å². The molecule has 0 N–H and O–H groups in total. The number of hydrogen-bond donors (Lipinski definition) is 0. The molecule has 0 amide bonds. The van der Waals surface area contributed by atoms with Gasteiger partial charge in [-0.05, 0) is 54.5 Å². The van der Waals surface area contributed by atoms with Gasteiger partial charge in [0.2, 0.25) is 0 Å². The molecule has 0 saturated heterocycles. The van der Waals surface area contributed by atoms with Crippen LogP contribution in [0.1, 0.15) is 48.6 Å². The first-order valence-electron chi connectivity index (χ1n) is 7.58. The Bertz CT molecular complexity index is 610. The second kappa shape index (κ2) is 5.93. The van der Waals surface area contributed by atoms with Crippen molar-refractivity contribution in [1.82, 2.24) is 0 Å². The van der Waals surface area contributed by atoms with E-state index in [0.717, 1.165) is 5.75 Å². The Balaban J connectivity index is 2.26. The summed E-state index contributed by atoms with van der Waals surface area (Å²) in [4.78, 5) is 0. The predicted octanol–water partition coefficient (Wildman–Crippen LogP) is 5.49. The molecule has 0 heterocycles. The van der Waals surface area contributed by atoms with Crippen molar-refractivity contribution in [3.63, 3.8) is 0 Å². The fourth-order valence-corrected chi connectivity index (χ4v) is 2.80. The van der Waals surface area contributed by atoms with E-state index in [1.54, 1.807) is 0 Å². The van der Waals surface area contributed by atoms with E-state index in [4.69, 9.17) is 4.74 Å². The molecule has 0 aromatic heterocycles. The molecule has 2 aromatic carbocycles. The molecule has 2 aromatic rings.